The minimum Gasteiger partial charge on any atom is -0.299 e. The standard InChI is InChI=1S/C10H8ClN3OS/c11-8-3-1-7(2-4-8)6-16-10-13-9(15)5-12-14-10/h1-5H,6H2,(H,13,14,15). The maximum atomic E-state index is 11.0. The Hall–Kier alpha value is -1.33. The first-order valence-corrected chi connectivity index (χ1v) is 5.89. The van der Waals surface area contributed by atoms with E-state index in [0.29, 0.717) is 15.9 Å². The lowest BCUT2D eigenvalue weighted by Crippen LogP contribution is -2.07. The van der Waals surface area contributed by atoms with Gasteiger partial charge in [0.25, 0.3) is 5.56 Å². The lowest BCUT2D eigenvalue weighted by atomic mass is 10.2. The van der Waals surface area contributed by atoms with Crippen LogP contribution in [0.3, 0.4) is 0 Å². The summed E-state index contributed by atoms with van der Waals surface area (Å²) in [5.74, 6) is 0.714. The Kier molecular flexibility index (Phi) is 3.58. The van der Waals surface area contributed by atoms with Gasteiger partial charge < -0.3 is 0 Å². The Morgan fingerprint density at radius 3 is 2.75 bits per heavy atom. The van der Waals surface area contributed by atoms with Gasteiger partial charge in [-0.2, -0.15) is 5.10 Å². The van der Waals surface area contributed by atoms with E-state index in [1.807, 2.05) is 24.3 Å². The fourth-order valence-electron chi connectivity index (χ4n) is 1.09. The fourth-order valence-corrected chi connectivity index (χ4v) is 1.99. The quantitative estimate of drug-likeness (QED) is 0.852. The highest BCUT2D eigenvalue weighted by Crippen LogP contribution is 2.18. The van der Waals surface area contributed by atoms with Crippen LogP contribution in [0.1, 0.15) is 5.56 Å². The van der Waals surface area contributed by atoms with Crippen molar-refractivity contribution in [2.45, 2.75) is 10.9 Å². The Bertz CT molecular complexity index is 526. The third-order valence-corrected chi connectivity index (χ3v) is 3.03. The molecule has 4 nitrogen and oxygen atoms in total. The van der Waals surface area contributed by atoms with Gasteiger partial charge in [0, 0.05) is 10.8 Å². The summed E-state index contributed by atoms with van der Waals surface area (Å²) < 4.78 is 0. The van der Waals surface area contributed by atoms with Crippen molar-refractivity contribution in [3.05, 3.63) is 51.4 Å². The average Bonchev–Trinajstić information content (AvgIpc) is 2.28. The van der Waals surface area contributed by atoms with Gasteiger partial charge in [-0.25, -0.2) is 0 Å². The number of nitrogens with zero attached hydrogens (tertiary/aromatic N) is 2. The van der Waals surface area contributed by atoms with E-state index in [2.05, 4.69) is 15.2 Å². The van der Waals surface area contributed by atoms with Crippen molar-refractivity contribution < 1.29 is 0 Å². The van der Waals surface area contributed by atoms with Crippen LogP contribution >= 0.6 is 23.4 Å². The average molecular weight is 254 g/mol. The molecule has 1 heterocycles. The molecule has 0 fully saturated rings. The smallest absolute Gasteiger partial charge is 0.270 e. The first-order valence-electron chi connectivity index (χ1n) is 4.53. The van der Waals surface area contributed by atoms with Crippen molar-refractivity contribution in [1.82, 2.24) is 15.2 Å². The van der Waals surface area contributed by atoms with Crippen molar-refractivity contribution in [2.75, 3.05) is 0 Å². The monoisotopic (exact) mass is 253 g/mol. The Morgan fingerprint density at radius 2 is 2.06 bits per heavy atom. The van der Waals surface area contributed by atoms with E-state index in [-0.39, 0.29) is 5.56 Å². The predicted molar refractivity (Wildman–Crippen MR) is 63.7 cm³/mol. The van der Waals surface area contributed by atoms with Gasteiger partial charge in [0.2, 0.25) is 0 Å². The SMILES string of the molecule is O=c1cnnc(SCc2ccc(Cl)cc2)[nH]1. The van der Waals surface area contributed by atoms with Gasteiger partial charge >= 0.3 is 0 Å². The highest BCUT2D eigenvalue weighted by molar-refractivity contribution is 7.98. The number of benzene rings is 1. The summed E-state index contributed by atoms with van der Waals surface area (Å²) in [5, 5.41) is 8.60. The van der Waals surface area contributed by atoms with Crippen molar-refractivity contribution in [3.8, 4) is 0 Å². The third kappa shape index (κ3) is 3.08. The minimum atomic E-state index is -0.242. The second-order valence-electron chi connectivity index (χ2n) is 3.05. The first kappa shape index (κ1) is 11.2. The predicted octanol–water partition coefficient (Wildman–Crippen LogP) is 2.11. The minimum absolute atomic E-state index is 0.242. The normalized spacial score (nSPS) is 10.3. The number of hydrogen-bond acceptors (Lipinski definition) is 4. The highest BCUT2D eigenvalue weighted by Gasteiger charge is 1.99. The number of hydrogen-bond donors (Lipinski definition) is 1. The molecule has 6 heteroatoms. The molecule has 0 saturated carbocycles. The van der Waals surface area contributed by atoms with E-state index < -0.39 is 0 Å². The lowest BCUT2D eigenvalue weighted by Gasteiger charge is -2.00. The maximum absolute atomic E-state index is 11.0. The van der Waals surface area contributed by atoms with E-state index in [4.69, 9.17) is 11.6 Å². The van der Waals surface area contributed by atoms with Crippen LogP contribution in [-0.2, 0) is 5.75 Å². The van der Waals surface area contributed by atoms with Crippen LogP contribution in [0, 0.1) is 0 Å². The largest absolute Gasteiger partial charge is 0.299 e. The summed E-state index contributed by atoms with van der Waals surface area (Å²) in [5.41, 5.74) is 0.870. The van der Waals surface area contributed by atoms with Gasteiger partial charge in [0.05, 0.1) is 0 Å². The summed E-state index contributed by atoms with van der Waals surface area (Å²) in [7, 11) is 0. The Balaban J connectivity index is 2.02. The third-order valence-electron chi connectivity index (χ3n) is 1.84. The molecule has 0 radical (unpaired) electrons. The van der Waals surface area contributed by atoms with Crippen molar-refractivity contribution in [1.29, 1.82) is 0 Å². The van der Waals surface area contributed by atoms with Gasteiger partial charge in [-0.15, -0.1) is 5.10 Å². The number of aromatic nitrogens is 3. The van der Waals surface area contributed by atoms with Crippen molar-refractivity contribution in [2.24, 2.45) is 0 Å². The molecule has 2 aromatic rings. The van der Waals surface area contributed by atoms with Crippen LogP contribution in [0.2, 0.25) is 5.02 Å². The van der Waals surface area contributed by atoms with Gasteiger partial charge in [-0.05, 0) is 17.7 Å². The molecule has 0 atom stereocenters. The van der Waals surface area contributed by atoms with Gasteiger partial charge in [-0.1, -0.05) is 35.5 Å². The van der Waals surface area contributed by atoms with Crippen LogP contribution in [0.4, 0.5) is 0 Å². The zero-order valence-electron chi connectivity index (χ0n) is 8.18. The molecule has 16 heavy (non-hydrogen) atoms. The lowest BCUT2D eigenvalue weighted by molar-refractivity contribution is 0.817. The maximum Gasteiger partial charge on any atom is 0.270 e. The summed E-state index contributed by atoms with van der Waals surface area (Å²) >= 11 is 7.19. The molecular weight excluding hydrogens is 246 g/mol. The highest BCUT2D eigenvalue weighted by atomic mass is 35.5. The molecule has 0 aliphatic heterocycles. The van der Waals surface area contributed by atoms with E-state index in [1.165, 1.54) is 11.8 Å². The Morgan fingerprint density at radius 1 is 1.31 bits per heavy atom. The van der Waals surface area contributed by atoms with E-state index >= 15 is 0 Å². The van der Waals surface area contributed by atoms with E-state index in [9.17, 15) is 4.79 Å². The molecule has 0 aliphatic carbocycles. The number of rotatable bonds is 3. The number of halogens is 1. The topological polar surface area (TPSA) is 58.6 Å². The molecule has 1 aromatic heterocycles. The molecule has 0 bridgehead atoms. The van der Waals surface area contributed by atoms with Gasteiger partial charge in [-0.3, -0.25) is 9.78 Å². The molecule has 1 aromatic carbocycles. The van der Waals surface area contributed by atoms with Crippen LogP contribution in [0.15, 0.2) is 40.4 Å². The van der Waals surface area contributed by atoms with Crippen LogP contribution in [-0.4, -0.2) is 15.2 Å². The van der Waals surface area contributed by atoms with E-state index in [0.717, 1.165) is 11.8 Å². The molecule has 0 saturated heterocycles. The van der Waals surface area contributed by atoms with Crippen LogP contribution < -0.4 is 5.56 Å². The molecule has 0 aliphatic rings. The molecule has 2 rings (SSSR count). The Labute approximate surface area is 101 Å². The van der Waals surface area contributed by atoms with Crippen LogP contribution in [0.5, 0.6) is 0 Å². The van der Waals surface area contributed by atoms with E-state index in [1.54, 1.807) is 0 Å². The molecule has 0 amide bonds. The summed E-state index contributed by atoms with van der Waals surface area (Å²) in [6, 6.07) is 7.53. The number of nitrogens with one attached hydrogen (secondary N) is 1. The first-order chi connectivity index (χ1) is 7.74. The number of thioether (sulfide) groups is 1. The zero-order chi connectivity index (χ0) is 11.4. The van der Waals surface area contributed by atoms with Gasteiger partial charge in [0.1, 0.15) is 6.20 Å². The number of H-pyrrole nitrogens is 1. The molecule has 0 unspecified atom stereocenters. The van der Waals surface area contributed by atoms with Crippen LogP contribution in [0.25, 0.3) is 0 Å². The summed E-state index contributed by atoms with van der Waals surface area (Å²) in [6.07, 6.45) is 1.15. The molecule has 0 spiro atoms. The zero-order valence-corrected chi connectivity index (χ0v) is 9.76. The molecule has 82 valence electrons. The number of aromatic amines is 1. The fraction of sp³-hybridized carbons (Fsp3) is 0.100. The second-order valence-corrected chi connectivity index (χ2v) is 4.45. The second kappa shape index (κ2) is 5.14. The summed E-state index contributed by atoms with van der Waals surface area (Å²) in [4.78, 5) is 13.6. The molecular formula is C10H8ClN3OS. The van der Waals surface area contributed by atoms with Gasteiger partial charge in [0.15, 0.2) is 5.16 Å². The van der Waals surface area contributed by atoms with Crippen molar-refractivity contribution >= 4 is 23.4 Å². The summed E-state index contributed by atoms with van der Waals surface area (Å²) in [6.45, 7) is 0. The molecule has 1 N–H and O–H groups in total. The van der Waals surface area contributed by atoms with Crippen molar-refractivity contribution in [3.63, 3.8) is 0 Å².